The van der Waals surface area contributed by atoms with Crippen LogP contribution in [-0.4, -0.2) is 27.4 Å². The highest BCUT2D eigenvalue weighted by Gasteiger charge is 2.11. The van der Waals surface area contributed by atoms with E-state index in [-0.39, 0.29) is 5.76 Å². The summed E-state index contributed by atoms with van der Waals surface area (Å²) in [5.74, 6) is 2.06. The molecule has 0 saturated carbocycles. The van der Waals surface area contributed by atoms with Gasteiger partial charge in [0.05, 0.1) is 12.8 Å². The minimum atomic E-state index is -0.365. The number of aromatic nitrogens is 3. The molecule has 3 rings (SSSR count). The minimum absolute atomic E-state index is 0.365. The predicted molar refractivity (Wildman–Crippen MR) is 94.7 cm³/mol. The lowest BCUT2D eigenvalue weighted by molar-refractivity contribution is 0.407. The third-order valence-corrected chi connectivity index (χ3v) is 4.82. The summed E-state index contributed by atoms with van der Waals surface area (Å²) >= 11 is 1.71. The zero-order valence-corrected chi connectivity index (χ0v) is 14.7. The number of fused-ring (bicyclic) bond motifs is 1. The summed E-state index contributed by atoms with van der Waals surface area (Å²) in [4.78, 5) is 20.6. The van der Waals surface area contributed by atoms with Gasteiger partial charge in [-0.2, -0.15) is 11.8 Å². The lowest BCUT2D eigenvalue weighted by atomic mass is 10.1. The van der Waals surface area contributed by atoms with E-state index in [0.29, 0.717) is 17.8 Å². The Morgan fingerprint density at radius 2 is 2.17 bits per heavy atom. The number of methoxy groups -OCH3 is 1. The molecule has 0 saturated heterocycles. The maximum absolute atomic E-state index is 11.9. The highest BCUT2D eigenvalue weighted by Crippen LogP contribution is 2.26. The normalized spacial score (nSPS) is 11.1. The molecule has 0 radical (unpaired) electrons. The maximum atomic E-state index is 11.9. The molecule has 6 nitrogen and oxygen atoms in total. The second-order valence-electron chi connectivity index (χ2n) is 5.44. The number of rotatable bonds is 6. The van der Waals surface area contributed by atoms with Crippen molar-refractivity contribution in [3.63, 3.8) is 0 Å². The van der Waals surface area contributed by atoms with Crippen LogP contribution in [0.2, 0.25) is 0 Å². The van der Waals surface area contributed by atoms with E-state index in [9.17, 15) is 4.79 Å². The number of nitrogens with zero attached hydrogens (tertiary/aromatic N) is 3. The van der Waals surface area contributed by atoms with Gasteiger partial charge in [0, 0.05) is 41.6 Å². The SMILES string of the molecule is COc1c(C)cnc(CSCCn2c(=O)oc3cccnc32)c1C. The van der Waals surface area contributed by atoms with Crippen LogP contribution in [0.1, 0.15) is 16.8 Å². The molecule has 0 unspecified atom stereocenters. The van der Waals surface area contributed by atoms with Crippen molar-refractivity contribution in [2.24, 2.45) is 0 Å². The van der Waals surface area contributed by atoms with Crippen molar-refractivity contribution < 1.29 is 9.15 Å². The first kappa shape index (κ1) is 16.6. The summed E-state index contributed by atoms with van der Waals surface area (Å²) < 4.78 is 12.2. The van der Waals surface area contributed by atoms with Crippen LogP contribution in [0.3, 0.4) is 0 Å². The van der Waals surface area contributed by atoms with Crippen LogP contribution in [0, 0.1) is 13.8 Å². The zero-order chi connectivity index (χ0) is 17.1. The minimum Gasteiger partial charge on any atom is -0.496 e. The molecule has 0 amide bonds. The Morgan fingerprint density at radius 3 is 2.96 bits per heavy atom. The van der Waals surface area contributed by atoms with Gasteiger partial charge in [0.2, 0.25) is 0 Å². The highest BCUT2D eigenvalue weighted by atomic mass is 32.2. The van der Waals surface area contributed by atoms with Crippen LogP contribution >= 0.6 is 11.8 Å². The molecule has 7 heteroatoms. The number of thioether (sulfide) groups is 1. The van der Waals surface area contributed by atoms with Crippen LogP contribution in [0.5, 0.6) is 5.75 Å². The van der Waals surface area contributed by atoms with Crippen LogP contribution < -0.4 is 10.5 Å². The second-order valence-corrected chi connectivity index (χ2v) is 6.55. The first-order valence-electron chi connectivity index (χ1n) is 7.63. The molecule has 0 N–H and O–H groups in total. The Bertz CT molecular complexity index is 917. The van der Waals surface area contributed by atoms with E-state index in [1.54, 1.807) is 41.8 Å². The van der Waals surface area contributed by atoms with Gasteiger partial charge in [0.1, 0.15) is 5.75 Å². The van der Waals surface area contributed by atoms with E-state index in [1.807, 2.05) is 20.0 Å². The van der Waals surface area contributed by atoms with Crippen LogP contribution in [0.25, 0.3) is 11.2 Å². The summed E-state index contributed by atoms with van der Waals surface area (Å²) in [6.07, 6.45) is 3.49. The van der Waals surface area contributed by atoms with Gasteiger partial charge in [-0.3, -0.25) is 9.55 Å². The van der Waals surface area contributed by atoms with Crippen molar-refractivity contribution in [1.29, 1.82) is 0 Å². The average molecular weight is 345 g/mol. The summed E-state index contributed by atoms with van der Waals surface area (Å²) in [6, 6.07) is 3.50. The van der Waals surface area contributed by atoms with Gasteiger partial charge < -0.3 is 9.15 Å². The molecule has 126 valence electrons. The van der Waals surface area contributed by atoms with Gasteiger partial charge in [-0.1, -0.05) is 0 Å². The van der Waals surface area contributed by atoms with Crippen molar-refractivity contribution in [1.82, 2.24) is 14.5 Å². The Morgan fingerprint density at radius 1 is 1.33 bits per heavy atom. The average Bonchev–Trinajstić information content (AvgIpc) is 2.89. The fraction of sp³-hybridized carbons (Fsp3) is 0.353. The molecular weight excluding hydrogens is 326 g/mol. The summed E-state index contributed by atoms with van der Waals surface area (Å²) in [5.41, 5.74) is 4.22. The number of hydrogen-bond acceptors (Lipinski definition) is 6. The van der Waals surface area contributed by atoms with Crippen LogP contribution in [0.15, 0.2) is 33.7 Å². The molecule has 0 aliphatic heterocycles. The second kappa shape index (κ2) is 7.09. The molecule has 3 aromatic heterocycles. The van der Waals surface area contributed by atoms with E-state index in [1.165, 1.54) is 0 Å². The maximum Gasteiger partial charge on any atom is 0.421 e. The van der Waals surface area contributed by atoms with Crippen molar-refractivity contribution in [3.05, 3.63) is 51.9 Å². The van der Waals surface area contributed by atoms with E-state index >= 15 is 0 Å². The highest BCUT2D eigenvalue weighted by molar-refractivity contribution is 7.98. The first-order valence-corrected chi connectivity index (χ1v) is 8.78. The molecule has 0 spiro atoms. The van der Waals surface area contributed by atoms with Crippen molar-refractivity contribution >= 4 is 23.0 Å². The summed E-state index contributed by atoms with van der Waals surface area (Å²) in [7, 11) is 1.68. The van der Waals surface area contributed by atoms with Crippen molar-refractivity contribution in [3.8, 4) is 5.75 Å². The quantitative estimate of drug-likeness (QED) is 0.640. The van der Waals surface area contributed by atoms with E-state index in [0.717, 1.165) is 34.1 Å². The van der Waals surface area contributed by atoms with Crippen LogP contribution in [-0.2, 0) is 12.3 Å². The van der Waals surface area contributed by atoms with Crippen molar-refractivity contribution in [2.45, 2.75) is 26.1 Å². The van der Waals surface area contributed by atoms with E-state index < -0.39 is 0 Å². The van der Waals surface area contributed by atoms with Gasteiger partial charge >= 0.3 is 5.76 Å². The Kier molecular flexibility index (Phi) is 4.89. The number of hydrogen-bond donors (Lipinski definition) is 0. The Labute approximate surface area is 143 Å². The predicted octanol–water partition coefficient (Wildman–Crippen LogP) is 2.94. The molecule has 24 heavy (non-hydrogen) atoms. The summed E-state index contributed by atoms with van der Waals surface area (Å²) in [6.45, 7) is 4.56. The van der Waals surface area contributed by atoms with Gasteiger partial charge in [-0.05, 0) is 26.0 Å². The first-order chi connectivity index (χ1) is 11.6. The molecule has 0 aromatic carbocycles. The third kappa shape index (κ3) is 3.17. The molecule has 3 aromatic rings. The molecular formula is C17H19N3O3S. The summed E-state index contributed by atoms with van der Waals surface area (Å²) in [5, 5.41) is 0. The molecule has 0 fully saturated rings. The molecule has 0 atom stereocenters. The zero-order valence-electron chi connectivity index (χ0n) is 13.9. The molecule has 3 heterocycles. The lowest BCUT2D eigenvalue weighted by Crippen LogP contribution is -2.16. The van der Waals surface area contributed by atoms with Crippen molar-refractivity contribution in [2.75, 3.05) is 12.9 Å². The van der Waals surface area contributed by atoms with Crippen LogP contribution in [0.4, 0.5) is 0 Å². The number of aryl methyl sites for hydroxylation is 2. The number of pyridine rings is 2. The number of oxazole rings is 1. The number of ether oxygens (including phenoxy) is 1. The standard InChI is InChI=1S/C17H19N3O3S/c1-11-9-19-13(12(2)15(11)22-3)10-24-8-7-20-16-14(23-17(20)21)5-4-6-18-16/h4-6,9H,7-8,10H2,1-3H3. The fourth-order valence-corrected chi connectivity index (χ4v) is 3.58. The lowest BCUT2D eigenvalue weighted by Gasteiger charge is -2.12. The monoisotopic (exact) mass is 345 g/mol. The molecule has 0 bridgehead atoms. The fourth-order valence-electron chi connectivity index (χ4n) is 2.64. The topological polar surface area (TPSA) is 70.2 Å². The van der Waals surface area contributed by atoms with Gasteiger partial charge in [0.25, 0.3) is 0 Å². The van der Waals surface area contributed by atoms with E-state index in [2.05, 4.69) is 9.97 Å². The molecule has 0 aliphatic carbocycles. The molecule has 0 aliphatic rings. The largest absolute Gasteiger partial charge is 0.496 e. The van der Waals surface area contributed by atoms with E-state index in [4.69, 9.17) is 9.15 Å². The van der Waals surface area contributed by atoms with Gasteiger partial charge in [0.15, 0.2) is 11.2 Å². The Hall–Kier alpha value is -2.28. The van der Waals surface area contributed by atoms with Gasteiger partial charge in [-0.15, -0.1) is 0 Å². The smallest absolute Gasteiger partial charge is 0.421 e. The third-order valence-electron chi connectivity index (χ3n) is 3.87. The van der Waals surface area contributed by atoms with Gasteiger partial charge in [-0.25, -0.2) is 9.78 Å². The Balaban J connectivity index is 1.65.